The highest BCUT2D eigenvalue weighted by Gasteiger charge is 2.23. The maximum absolute atomic E-state index is 5.99. The summed E-state index contributed by atoms with van der Waals surface area (Å²) in [7, 11) is 1.65. The molecule has 0 radical (unpaired) electrons. The lowest BCUT2D eigenvalue weighted by atomic mass is 10.1. The maximum Gasteiger partial charge on any atom is 0.227 e. The average molecular weight is 348 g/mol. The number of likely N-dealkylation sites (tertiary alicyclic amines) is 1. The van der Waals surface area contributed by atoms with Crippen molar-refractivity contribution in [1.29, 1.82) is 0 Å². The van der Waals surface area contributed by atoms with Crippen molar-refractivity contribution in [2.24, 2.45) is 5.16 Å². The molecule has 1 N–H and O–H groups in total. The van der Waals surface area contributed by atoms with E-state index < -0.39 is 0 Å². The van der Waals surface area contributed by atoms with Gasteiger partial charge in [-0.25, -0.2) is 0 Å². The van der Waals surface area contributed by atoms with Gasteiger partial charge in [-0.2, -0.15) is 0 Å². The lowest BCUT2D eigenvalue weighted by molar-refractivity contribution is -0.0116. The van der Waals surface area contributed by atoms with Crippen LogP contribution in [0.15, 0.2) is 23.6 Å². The number of hydrogen-bond donors (Lipinski definition) is 1. The van der Waals surface area contributed by atoms with Gasteiger partial charge in [-0.15, -0.1) is 0 Å². The van der Waals surface area contributed by atoms with Gasteiger partial charge in [-0.1, -0.05) is 11.6 Å². The van der Waals surface area contributed by atoms with Gasteiger partial charge in [-0.3, -0.25) is 9.88 Å². The molecule has 1 unspecified atom stereocenters. The van der Waals surface area contributed by atoms with Gasteiger partial charge < -0.3 is 19.6 Å². The molecule has 1 atom stereocenters. The van der Waals surface area contributed by atoms with Crippen LogP contribution in [0.3, 0.4) is 0 Å². The summed E-state index contributed by atoms with van der Waals surface area (Å²) in [6, 6.07) is 1.98. The largest absolute Gasteiger partial charge is 0.495 e. The van der Waals surface area contributed by atoms with Gasteiger partial charge in [0.15, 0.2) is 6.61 Å². The summed E-state index contributed by atoms with van der Waals surface area (Å²) in [4.78, 5) is 12.0. The molecule has 2 aliphatic heterocycles. The predicted octanol–water partition coefficient (Wildman–Crippen LogP) is 1.78. The van der Waals surface area contributed by atoms with Crippen LogP contribution in [0.4, 0.5) is 0 Å². The standard InChI is InChI=1S/C18H28N4O3/c1-23-16-9-15(11-20-12-16)10-19-6-5-18-21-24-14-17(25-18)13-22-7-3-2-4-8-22/h9,11-12,17,19H,2-8,10,13-14H2,1H3. The van der Waals surface area contributed by atoms with E-state index in [1.807, 2.05) is 12.3 Å². The molecule has 1 aromatic rings. The van der Waals surface area contributed by atoms with E-state index >= 15 is 0 Å². The summed E-state index contributed by atoms with van der Waals surface area (Å²) in [6.45, 7) is 5.32. The number of pyridine rings is 1. The summed E-state index contributed by atoms with van der Waals surface area (Å²) in [5.74, 6) is 1.46. The zero-order valence-corrected chi connectivity index (χ0v) is 14.9. The molecule has 3 heterocycles. The van der Waals surface area contributed by atoms with E-state index in [1.165, 1.54) is 32.4 Å². The molecule has 0 aromatic carbocycles. The molecular weight excluding hydrogens is 320 g/mol. The number of hydrogen-bond acceptors (Lipinski definition) is 7. The molecule has 0 saturated carbocycles. The third-order valence-corrected chi connectivity index (χ3v) is 4.49. The Morgan fingerprint density at radius 1 is 1.28 bits per heavy atom. The van der Waals surface area contributed by atoms with E-state index in [-0.39, 0.29) is 6.10 Å². The van der Waals surface area contributed by atoms with E-state index in [0.717, 1.165) is 30.9 Å². The Labute approximate surface area is 149 Å². The van der Waals surface area contributed by atoms with Gasteiger partial charge in [0.05, 0.1) is 13.3 Å². The van der Waals surface area contributed by atoms with Crippen molar-refractivity contribution in [3.63, 3.8) is 0 Å². The first-order chi connectivity index (χ1) is 12.3. The first kappa shape index (κ1) is 17.9. The van der Waals surface area contributed by atoms with E-state index in [9.17, 15) is 0 Å². The fourth-order valence-corrected chi connectivity index (χ4v) is 3.16. The van der Waals surface area contributed by atoms with E-state index in [2.05, 4.69) is 20.4 Å². The number of ether oxygens (including phenoxy) is 2. The molecule has 2 aliphatic rings. The van der Waals surface area contributed by atoms with Crippen molar-refractivity contribution in [2.75, 3.05) is 39.9 Å². The van der Waals surface area contributed by atoms with Crippen LogP contribution in [0, 0.1) is 0 Å². The van der Waals surface area contributed by atoms with Crippen LogP contribution in [0.5, 0.6) is 5.75 Å². The Kier molecular flexibility index (Phi) is 6.88. The number of nitrogens with one attached hydrogen (secondary N) is 1. The van der Waals surface area contributed by atoms with Gasteiger partial charge in [-0.05, 0) is 37.6 Å². The van der Waals surface area contributed by atoms with Gasteiger partial charge in [0, 0.05) is 32.3 Å². The summed E-state index contributed by atoms with van der Waals surface area (Å²) in [6.07, 6.45) is 8.27. The molecule has 3 rings (SSSR count). The van der Waals surface area contributed by atoms with Crippen LogP contribution in [0.25, 0.3) is 0 Å². The molecule has 7 heteroatoms. The summed E-state index contributed by atoms with van der Waals surface area (Å²) >= 11 is 0. The molecule has 1 aromatic heterocycles. The lowest BCUT2D eigenvalue weighted by Crippen LogP contribution is -2.42. The Hall–Kier alpha value is -1.86. The molecule has 138 valence electrons. The zero-order valence-electron chi connectivity index (χ0n) is 14.9. The molecule has 0 amide bonds. The highest BCUT2D eigenvalue weighted by molar-refractivity contribution is 5.76. The Bertz CT molecular complexity index is 561. The van der Waals surface area contributed by atoms with Gasteiger partial charge in [0.25, 0.3) is 0 Å². The van der Waals surface area contributed by atoms with Crippen molar-refractivity contribution in [2.45, 2.75) is 38.3 Å². The van der Waals surface area contributed by atoms with E-state index in [0.29, 0.717) is 18.9 Å². The first-order valence-electron chi connectivity index (χ1n) is 9.10. The Balaban J connectivity index is 1.35. The lowest BCUT2D eigenvalue weighted by Gasteiger charge is -2.31. The normalized spacial score (nSPS) is 21.2. The first-order valence-corrected chi connectivity index (χ1v) is 9.10. The topological polar surface area (TPSA) is 68.2 Å². The summed E-state index contributed by atoms with van der Waals surface area (Å²) in [5, 5.41) is 7.42. The predicted molar refractivity (Wildman–Crippen MR) is 95.7 cm³/mol. The third-order valence-electron chi connectivity index (χ3n) is 4.49. The second kappa shape index (κ2) is 9.58. The van der Waals surface area contributed by atoms with Crippen molar-refractivity contribution in [3.05, 3.63) is 24.0 Å². The van der Waals surface area contributed by atoms with E-state index in [1.54, 1.807) is 13.3 Å². The van der Waals surface area contributed by atoms with Crippen LogP contribution in [0.2, 0.25) is 0 Å². The van der Waals surface area contributed by atoms with Crippen LogP contribution in [0.1, 0.15) is 31.2 Å². The van der Waals surface area contributed by atoms with Crippen molar-refractivity contribution in [3.8, 4) is 5.75 Å². The second-order valence-electron chi connectivity index (χ2n) is 6.54. The van der Waals surface area contributed by atoms with Gasteiger partial charge in [0.2, 0.25) is 5.90 Å². The number of rotatable bonds is 8. The SMILES string of the molecule is COc1cncc(CNCCC2=NOCC(CN3CCCCC3)O2)c1. The summed E-state index contributed by atoms with van der Waals surface area (Å²) in [5.41, 5.74) is 1.09. The van der Waals surface area contributed by atoms with Crippen LogP contribution in [-0.2, 0) is 16.1 Å². The smallest absolute Gasteiger partial charge is 0.227 e. The minimum atomic E-state index is 0.0909. The molecule has 7 nitrogen and oxygen atoms in total. The Morgan fingerprint density at radius 2 is 2.16 bits per heavy atom. The monoisotopic (exact) mass is 348 g/mol. The fraction of sp³-hybridized carbons (Fsp3) is 0.667. The zero-order chi connectivity index (χ0) is 17.3. The van der Waals surface area contributed by atoms with Crippen LogP contribution >= 0.6 is 0 Å². The summed E-state index contributed by atoms with van der Waals surface area (Å²) < 4.78 is 11.2. The molecule has 1 saturated heterocycles. The third kappa shape index (κ3) is 5.86. The van der Waals surface area contributed by atoms with Gasteiger partial charge in [0.1, 0.15) is 11.9 Å². The Morgan fingerprint density at radius 3 is 3.00 bits per heavy atom. The number of nitrogens with zero attached hydrogens (tertiary/aromatic N) is 3. The fourth-order valence-electron chi connectivity index (χ4n) is 3.16. The minimum absolute atomic E-state index is 0.0909. The average Bonchev–Trinajstić information content (AvgIpc) is 2.67. The highest BCUT2D eigenvalue weighted by atomic mass is 16.7. The molecule has 0 aliphatic carbocycles. The quantitative estimate of drug-likeness (QED) is 0.723. The van der Waals surface area contributed by atoms with Crippen LogP contribution < -0.4 is 10.1 Å². The van der Waals surface area contributed by atoms with Gasteiger partial charge >= 0.3 is 0 Å². The number of methoxy groups -OCH3 is 1. The molecule has 1 fully saturated rings. The molecular formula is C18H28N4O3. The molecule has 0 spiro atoms. The van der Waals surface area contributed by atoms with E-state index in [4.69, 9.17) is 14.3 Å². The van der Waals surface area contributed by atoms with Crippen LogP contribution in [-0.4, -0.2) is 61.8 Å². The second-order valence-corrected chi connectivity index (χ2v) is 6.54. The number of oxime groups is 1. The highest BCUT2D eigenvalue weighted by Crippen LogP contribution is 2.13. The number of piperidine rings is 1. The maximum atomic E-state index is 5.99. The van der Waals surface area contributed by atoms with Crippen molar-refractivity contribution >= 4 is 5.90 Å². The van der Waals surface area contributed by atoms with Crippen molar-refractivity contribution < 1.29 is 14.3 Å². The minimum Gasteiger partial charge on any atom is -0.495 e. The number of aromatic nitrogens is 1. The van der Waals surface area contributed by atoms with Crippen molar-refractivity contribution in [1.82, 2.24) is 15.2 Å². The molecule has 0 bridgehead atoms. The molecule has 25 heavy (non-hydrogen) atoms.